The Balaban J connectivity index is 1.72. The topological polar surface area (TPSA) is 61.0 Å². The van der Waals surface area contributed by atoms with E-state index in [2.05, 4.69) is 21.1 Å². The quantitative estimate of drug-likeness (QED) is 0.836. The largest absolute Gasteiger partial charge is 0.357 e. The maximum atomic E-state index is 14.0. The van der Waals surface area contributed by atoms with Gasteiger partial charge in [-0.2, -0.15) is 10.4 Å². The lowest BCUT2D eigenvalue weighted by Gasteiger charge is -2.29. The fourth-order valence-corrected chi connectivity index (χ4v) is 3.26. The number of likely N-dealkylation sites (tertiary alicyclic amines) is 1. The van der Waals surface area contributed by atoms with Crippen molar-refractivity contribution in [1.82, 2.24) is 19.7 Å². The van der Waals surface area contributed by atoms with Crippen LogP contribution in [0.3, 0.4) is 0 Å². The normalized spacial score (nSPS) is 20.9. The van der Waals surface area contributed by atoms with Crippen LogP contribution in [0.1, 0.15) is 17.7 Å². The van der Waals surface area contributed by atoms with Crippen LogP contribution in [0.5, 0.6) is 0 Å². The lowest BCUT2D eigenvalue weighted by Crippen LogP contribution is -2.39. The molecular formula is C17H21FN6. The Kier molecular flexibility index (Phi) is 4.76. The summed E-state index contributed by atoms with van der Waals surface area (Å²) in [7, 11) is 3.80. The molecule has 0 unspecified atom stereocenters. The third kappa shape index (κ3) is 3.39. The molecule has 1 aliphatic heterocycles. The summed E-state index contributed by atoms with van der Waals surface area (Å²) in [5.41, 5.74) is 1.60. The van der Waals surface area contributed by atoms with Crippen molar-refractivity contribution in [3.05, 3.63) is 41.9 Å². The first kappa shape index (κ1) is 16.4. The Morgan fingerprint density at radius 2 is 2.25 bits per heavy atom. The molecule has 1 saturated heterocycles. The number of alkyl halides is 1. The third-order valence-electron chi connectivity index (χ3n) is 4.52. The zero-order valence-corrected chi connectivity index (χ0v) is 13.9. The number of aryl methyl sites for hydroxylation is 1. The first-order valence-corrected chi connectivity index (χ1v) is 7.99. The minimum Gasteiger partial charge on any atom is -0.357 e. The molecule has 0 radical (unpaired) electrons. The van der Waals surface area contributed by atoms with Gasteiger partial charge in [-0.15, -0.1) is 0 Å². The number of pyridine rings is 1. The van der Waals surface area contributed by atoms with Crippen LogP contribution in [-0.4, -0.2) is 52.0 Å². The average Bonchev–Trinajstić information content (AvgIpc) is 3.13. The number of hydrogen-bond donors (Lipinski definition) is 0. The summed E-state index contributed by atoms with van der Waals surface area (Å²) < 4.78 is 15.8. The maximum Gasteiger partial charge on any atom is 0.146 e. The first-order chi connectivity index (χ1) is 11.6. The Bertz CT molecular complexity index is 737. The molecule has 0 aliphatic carbocycles. The molecule has 0 amide bonds. The van der Waals surface area contributed by atoms with E-state index in [1.165, 1.54) is 0 Å². The van der Waals surface area contributed by atoms with Gasteiger partial charge in [-0.05, 0) is 24.6 Å². The van der Waals surface area contributed by atoms with Gasteiger partial charge in [-0.1, -0.05) is 0 Å². The number of nitrogens with zero attached hydrogens (tertiary/aromatic N) is 6. The van der Waals surface area contributed by atoms with E-state index in [0.29, 0.717) is 37.4 Å². The number of hydrogen-bond acceptors (Lipinski definition) is 5. The van der Waals surface area contributed by atoms with Gasteiger partial charge in [0.25, 0.3) is 0 Å². The third-order valence-corrected chi connectivity index (χ3v) is 4.52. The smallest absolute Gasteiger partial charge is 0.146 e. The van der Waals surface area contributed by atoms with Crippen LogP contribution in [0.25, 0.3) is 0 Å². The minimum absolute atomic E-state index is 0.0773. The van der Waals surface area contributed by atoms with Crippen molar-refractivity contribution in [3.8, 4) is 6.07 Å². The highest BCUT2D eigenvalue weighted by Gasteiger charge is 2.33. The second-order valence-corrected chi connectivity index (χ2v) is 6.23. The molecule has 0 bridgehead atoms. The standard InChI is InChI=1S/C17H21FN6/c1-22(17-13(9-19)4-3-6-20-17)11-16-8-14(18)10-24(16)12-15-5-7-21-23(15)2/h3-7,14,16H,8,10-12H2,1-2H3/t14-,16-/m0/s1. The van der Waals surface area contributed by atoms with Crippen LogP contribution in [0.4, 0.5) is 10.2 Å². The molecule has 6 nitrogen and oxygen atoms in total. The molecule has 3 rings (SSSR count). The van der Waals surface area contributed by atoms with Crippen LogP contribution in [0.15, 0.2) is 30.6 Å². The molecule has 1 fully saturated rings. The number of nitriles is 1. The van der Waals surface area contributed by atoms with Crippen LogP contribution >= 0.6 is 0 Å². The van der Waals surface area contributed by atoms with Crippen LogP contribution in [0.2, 0.25) is 0 Å². The second-order valence-electron chi connectivity index (χ2n) is 6.23. The van der Waals surface area contributed by atoms with Crippen molar-refractivity contribution in [1.29, 1.82) is 5.26 Å². The van der Waals surface area contributed by atoms with Gasteiger partial charge in [-0.3, -0.25) is 9.58 Å². The molecule has 1 aliphatic rings. The molecule has 0 N–H and O–H groups in total. The summed E-state index contributed by atoms with van der Waals surface area (Å²) in [6, 6.07) is 7.69. The molecule has 0 spiro atoms. The summed E-state index contributed by atoms with van der Waals surface area (Å²) >= 11 is 0. The molecule has 2 atom stereocenters. The predicted molar refractivity (Wildman–Crippen MR) is 89.1 cm³/mol. The van der Waals surface area contributed by atoms with Gasteiger partial charge in [0.15, 0.2) is 0 Å². The second kappa shape index (κ2) is 6.97. The van der Waals surface area contributed by atoms with Gasteiger partial charge in [0, 0.05) is 52.2 Å². The predicted octanol–water partition coefficient (Wildman–Crippen LogP) is 1.74. The van der Waals surface area contributed by atoms with E-state index >= 15 is 0 Å². The minimum atomic E-state index is -0.823. The summed E-state index contributed by atoms with van der Waals surface area (Å²) in [5.74, 6) is 0.641. The van der Waals surface area contributed by atoms with Gasteiger partial charge in [-0.25, -0.2) is 9.37 Å². The highest BCUT2D eigenvalue weighted by Crippen LogP contribution is 2.25. The molecule has 7 heteroatoms. The number of halogens is 1. The number of likely N-dealkylation sites (N-methyl/N-ethyl adjacent to an activating group) is 1. The van der Waals surface area contributed by atoms with Crippen LogP contribution < -0.4 is 4.90 Å². The lowest BCUT2D eigenvalue weighted by atomic mass is 10.2. The van der Waals surface area contributed by atoms with Gasteiger partial charge in [0.05, 0.1) is 11.3 Å². The van der Waals surface area contributed by atoms with Crippen molar-refractivity contribution < 1.29 is 4.39 Å². The molecule has 0 aromatic carbocycles. The summed E-state index contributed by atoms with van der Waals surface area (Å²) in [5, 5.41) is 13.4. The van der Waals surface area contributed by atoms with Crippen LogP contribution in [0, 0.1) is 11.3 Å². The number of anilines is 1. The Morgan fingerprint density at radius 3 is 2.96 bits per heavy atom. The Hall–Kier alpha value is -2.46. The van der Waals surface area contributed by atoms with Gasteiger partial charge in [0.2, 0.25) is 0 Å². The molecule has 2 aromatic rings. The van der Waals surface area contributed by atoms with Gasteiger partial charge < -0.3 is 4.90 Å². The summed E-state index contributed by atoms with van der Waals surface area (Å²) in [6.07, 6.45) is 3.10. The molecule has 2 aromatic heterocycles. The van der Waals surface area contributed by atoms with Crippen LogP contribution in [-0.2, 0) is 13.6 Å². The van der Waals surface area contributed by atoms with E-state index < -0.39 is 6.17 Å². The van der Waals surface area contributed by atoms with E-state index in [1.807, 2.05) is 29.7 Å². The van der Waals surface area contributed by atoms with Crippen molar-refractivity contribution in [2.75, 3.05) is 25.0 Å². The zero-order valence-electron chi connectivity index (χ0n) is 13.9. The Labute approximate surface area is 141 Å². The zero-order chi connectivity index (χ0) is 17.1. The van der Waals surface area contributed by atoms with Crippen molar-refractivity contribution in [3.63, 3.8) is 0 Å². The fraction of sp³-hybridized carbons (Fsp3) is 0.471. The molecule has 126 valence electrons. The van der Waals surface area contributed by atoms with Crippen molar-refractivity contribution >= 4 is 5.82 Å². The monoisotopic (exact) mass is 328 g/mol. The molecule has 3 heterocycles. The molecule has 24 heavy (non-hydrogen) atoms. The van der Waals surface area contributed by atoms with E-state index in [0.717, 1.165) is 5.69 Å². The maximum absolute atomic E-state index is 14.0. The van der Waals surface area contributed by atoms with E-state index in [-0.39, 0.29) is 6.04 Å². The molecular weight excluding hydrogens is 307 g/mol. The summed E-state index contributed by atoms with van der Waals surface area (Å²) in [4.78, 5) is 8.39. The fourth-order valence-electron chi connectivity index (χ4n) is 3.26. The first-order valence-electron chi connectivity index (χ1n) is 7.99. The Morgan fingerprint density at radius 1 is 1.42 bits per heavy atom. The highest BCUT2D eigenvalue weighted by molar-refractivity contribution is 5.52. The van der Waals surface area contributed by atoms with E-state index in [9.17, 15) is 9.65 Å². The lowest BCUT2D eigenvalue weighted by molar-refractivity contribution is 0.231. The summed E-state index contributed by atoms with van der Waals surface area (Å²) in [6.45, 7) is 1.73. The highest BCUT2D eigenvalue weighted by atomic mass is 19.1. The van der Waals surface area contributed by atoms with Crippen molar-refractivity contribution in [2.24, 2.45) is 7.05 Å². The van der Waals surface area contributed by atoms with Gasteiger partial charge in [0.1, 0.15) is 18.1 Å². The van der Waals surface area contributed by atoms with E-state index in [4.69, 9.17) is 0 Å². The average molecular weight is 328 g/mol. The van der Waals surface area contributed by atoms with Crippen molar-refractivity contribution in [2.45, 2.75) is 25.2 Å². The van der Waals surface area contributed by atoms with E-state index in [1.54, 1.807) is 24.5 Å². The molecule has 0 saturated carbocycles. The SMILES string of the molecule is CN(C[C@@H]1C[C@H](F)CN1Cc1ccnn1C)c1ncccc1C#N. The van der Waals surface area contributed by atoms with Gasteiger partial charge >= 0.3 is 0 Å². The number of rotatable bonds is 5. The number of aromatic nitrogens is 3.